The summed E-state index contributed by atoms with van der Waals surface area (Å²) in [5.41, 5.74) is -0.514. The van der Waals surface area contributed by atoms with Gasteiger partial charge in [0, 0.05) is 38.0 Å². The summed E-state index contributed by atoms with van der Waals surface area (Å²) in [4.78, 5) is 25.6. The van der Waals surface area contributed by atoms with E-state index in [-0.39, 0.29) is 12.1 Å². The van der Waals surface area contributed by atoms with Crippen LogP contribution in [-0.2, 0) is 14.0 Å². The van der Waals surface area contributed by atoms with E-state index in [9.17, 15) is 4.79 Å². The third-order valence-corrected chi connectivity index (χ3v) is 6.26. The second-order valence-electron chi connectivity index (χ2n) is 10.6. The second kappa shape index (κ2) is 8.58. The zero-order valence-electron chi connectivity index (χ0n) is 20.3. The highest BCUT2D eigenvalue weighted by Gasteiger charge is 2.52. The van der Waals surface area contributed by atoms with Gasteiger partial charge in [0.2, 0.25) is 5.95 Å². The molecule has 2 aliphatic heterocycles. The van der Waals surface area contributed by atoms with Gasteiger partial charge in [-0.3, -0.25) is 0 Å². The molecule has 31 heavy (non-hydrogen) atoms. The molecule has 2 aliphatic rings. The second-order valence-corrected chi connectivity index (χ2v) is 10.6. The van der Waals surface area contributed by atoms with E-state index in [1.54, 1.807) is 12.4 Å². The number of hydrogen-bond acceptors (Lipinski definition) is 7. The monoisotopic (exact) mass is 432 g/mol. The van der Waals surface area contributed by atoms with Crippen LogP contribution >= 0.6 is 0 Å². The van der Waals surface area contributed by atoms with Crippen LogP contribution in [-0.4, -0.2) is 71.1 Å². The lowest BCUT2D eigenvalue weighted by atomic mass is 9.81. The summed E-state index contributed by atoms with van der Waals surface area (Å²) >= 11 is 0. The maximum Gasteiger partial charge on any atom is 0.498 e. The van der Waals surface area contributed by atoms with E-state index in [1.165, 1.54) is 0 Å². The summed E-state index contributed by atoms with van der Waals surface area (Å²) in [5.74, 6) is 0.606. The predicted molar refractivity (Wildman–Crippen MR) is 122 cm³/mol. The molecule has 2 fully saturated rings. The van der Waals surface area contributed by atoms with Crippen LogP contribution in [0.25, 0.3) is 0 Å². The van der Waals surface area contributed by atoms with Crippen LogP contribution in [0, 0.1) is 0 Å². The van der Waals surface area contributed by atoms with Crippen molar-refractivity contribution < 1.29 is 18.8 Å². The first kappa shape index (κ1) is 23.8. The summed E-state index contributed by atoms with van der Waals surface area (Å²) in [7, 11) is 1.47. The first-order chi connectivity index (χ1) is 14.3. The third-order valence-electron chi connectivity index (χ3n) is 6.26. The molecule has 8 nitrogen and oxygen atoms in total. The van der Waals surface area contributed by atoms with Crippen molar-refractivity contribution in [1.29, 1.82) is 0 Å². The van der Waals surface area contributed by atoms with Crippen LogP contribution < -0.4 is 10.4 Å². The van der Waals surface area contributed by atoms with Crippen LogP contribution in [0.5, 0.6) is 0 Å². The van der Waals surface area contributed by atoms with Crippen molar-refractivity contribution in [2.24, 2.45) is 0 Å². The molecule has 172 valence electrons. The lowest BCUT2D eigenvalue weighted by molar-refractivity contribution is 0.00578. The van der Waals surface area contributed by atoms with E-state index >= 15 is 0 Å². The standard InChI is InChI=1S/C22H37BN4O4/c1-20(2,3)29-19(28)27-12-10-9-11-17(27)15-26(8)18-24-13-16(14-25-18)23-30-21(4,5)22(6,7)31-23/h13-14,17H,9-12,15H2,1-8H3/t17-/m1/s1. The summed E-state index contributed by atoms with van der Waals surface area (Å²) < 4.78 is 17.8. The first-order valence-corrected chi connectivity index (χ1v) is 11.2. The number of amides is 1. The minimum atomic E-state index is -0.503. The number of likely N-dealkylation sites (N-methyl/N-ethyl adjacent to an activating group) is 1. The molecule has 0 unspecified atom stereocenters. The van der Waals surface area contributed by atoms with Gasteiger partial charge < -0.3 is 23.8 Å². The molecule has 1 atom stereocenters. The average Bonchev–Trinajstić information content (AvgIpc) is 2.88. The van der Waals surface area contributed by atoms with Crippen LogP contribution in [0.15, 0.2) is 12.4 Å². The number of rotatable bonds is 4. The van der Waals surface area contributed by atoms with E-state index in [2.05, 4.69) is 9.97 Å². The summed E-state index contributed by atoms with van der Waals surface area (Å²) in [6.45, 7) is 15.1. The molecule has 0 bridgehead atoms. The Labute approximate surface area is 186 Å². The topological polar surface area (TPSA) is 77.0 Å². The smallest absolute Gasteiger partial charge is 0.444 e. The van der Waals surface area contributed by atoms with Crippen molar-refractivity contribution in [3.63, 3.8) is 0 Å². The van der Waals surface area contributed by atoms with Crippen molar-refractivity contribution in [1.82, 2.24) is 14.9 Å². The van der Waals surface area contributed by atoms with Crippen molar-refractivity contribution in [2.75, 3.05) is 25.0 Å². The van der Waals surface area contributed by atoms with Crippen LogP contribution in [0.2, 0.25) is 0 Å². The minimum absolute atomic E-state index is 0.0694. The number of piperidine rings is 1. The molecule has 0 N–H and O–H groups in total. The van der Waals surface area contributed by atoms with E-state index in [1.807, 2.05) is 65.3 Å². The van der Waals surface area contributed by atoms with Crippen molar-refractivity contribution in [3.8, 4) is 0 Å². The van der Waals surface area contributed by atoms with Gasteiger partial charge in [-0.15, -0.1) is 0 Å². The fourth-order valence-electron chi connectivity index (χ4n) is 3.78. The van der Waals surface area contributed by atoms with E-state index in [4.69, 9.17) is 14.0 Å². The molecule has 3 rings (SSSR count). The highest BCUT2D eigenvalue weighted by molar-refractivity contribution is 6.61. The minimum Gasteiger partial charge on any atom is -0.444 e. The Morgan fingerprint density at radius 1 is 1.19 bits per heavy atom. The van der Waals surface area contributed by atoms with E-state index in [0.717, 1.165) is 31.3 Å². The Morgan fingerprint density at radius 2 is 1.77 bits per heavy atom. The molecule has 0 aliphatic carbocycles. The number of hydrogen-bond donors (Lipinski definition) is 0. The maximum atomic E-state index is 12.7. The molecular weight excluding hydrogens is 395 g/mol. The molecule has 2 saturated heterocycles. The highest BCUT2D eigenvalue weighted by Crippen LogP contribution is 2.36. The van der Waals surface area contributed by atoms with E-state index < -0.39 is 23.9 Å². The molecule has 0 saturated carbocycles. The summed E-state index contributed by atoms with van der Waals surface area (Å²) in [5, 5.41) is 0. The zero-order chi connectivity index (χ0) is 23.0. The van der Waals surface area contributed by atoms with Crippen molar-refractivity contribution >= 4 is 24.6 Å². The molecule has 9 heteroatoms. The fraction of sp³-hybridized carbons (Fsp3) is 0.773. The van der Waals surface area contributed by atoms with Gasteiger partial charge in [-0.05, 0) is 67.7 Å². The van der Waals surface area contributed by atoms with E-state index in [0.29, 0.717) is 12.5 Å². The summed E-state index contributed by atoms with van der Waals surface area (Å²) in [6.07, 6.45) is 6.30. The quantitative estimate of drug-likeness (QED) is 0.677. The molecule has 0 radical (unpaired) electrons. The van der Waals surface area contributed by atoms with Gasteiger partial charge in [-0.25, -0.2) is 14.8 Å². The van der Waals surface area contributed by atoms with Gasteiger partial charge >= 0.3 is 13.2 Å². The molecule has 1 aromatic heterocycles. The molecule has 3 heterocycles. The molecule has 1 aromatic rings. The fourth-order valence-corrected chi connectivity index (χ4v) is 3.78. The number of ether oxygens (including phenoxy) is 1. The van der Waals surface area contributed by atoms with Gasteiger partial charge in [-0.2, -0.15) is 0 Å². The van der Waals surface area contributed by atoms with Gasteiger partial charge in [0.05, 0.1) is 17.2 Å². The molecule has 1 amide bonds. The number of carbonyl (C=O) groups is 1. The Balaban J connectivity index is 1.65. The van der Waals surface area contributed by atoms with Gasteiger partial charge in [0.15, 0.2) is 0 Å². The molecule has 0 aromatic carbocycles. The Kier molecular flexibility index (Phi) is 6.59. The molecular formula is C22H37BN4O4. The number of anilines is 1. The zero-order valence-corrected chi connectivity index (χ0v) is 20.3. The number of likely N-dealkylation sites (tertiary alicyclic amines) is 1. The first-order valence-electron chi connectivity index (χ1n) is 11.2. The van der Waals surface area contributed by atoms with Gasteiger partial charge in [0.25, 0.3) is 0 Å². The average molecular weight is 432 g/mol. The maximum absolute atomic E-state index is 12.7. The predicted octanol–water partition coefficient (Wildman–Crippen LogP) is 3.00. The number of nitrogens with zero attached hydrogens (tertiary/aromatic N) is 4. The van der Waals surface area contributed by atoms with Crippen molar-refractivity contribution in [2.45, 2.75) is 90.6 Å². The normalized spacial score (nSPS) is 23.0. The van der Waals surface area contributed by atoms with Gasteiger partial charge in [-0.1, -0.05) is 0 Å². The van der Waals surface area contributed by atoms with Crippen LogP contribution in [0.3, 0.4) is 0 Å². The van der Waals surface area contributed by atoms with Crippen LogP contribution in [0.1, 0.15) is 67.7 Å². The Hall–Kier alpha value is -1.87. The Morgan fingerprint density at radius 3 is 2.32 bits per heavy atom. The lowest BCUT2D eigenvalue weighted by Crippen LogP contribution is -2.50. The number of carbonyl (C=O) groups excluding carboxylic acids is 1. The number of aromatic nitrogens is 2. The Bertz CT molecular complexity index is 763. The largest absolute Gasteiger partial charge is 0.498 e. The summed E-state index contributed by atoms with van der Waals surface area (Å²) in [6, 6.07) is 0.0694. The van der Waals surface area contributed by atoms with Crippen LogP contribution in [0.4, 0.5) is 10.7 Å². The molecule has 0 spiro atoms. The SMILES string of the molecule is CN(C[C@H]1CCCCN1C(=O)OC(C)(C)C)c1ncc(B2OC(C)(C)C(C)(C)O2)cn1. The third kappa shape index (κ3) is 5.50. The highest BCUT2D eigenvalue weighted by atomic mass is 16.7. The lowest BCUT2D eigenvalue weighted by Gasteiger charge is -2.38. The van der Waals surface area contributed by atoms with Gasteiger partial charge in [0.1, 0.15) is 5.60 Å². The van der Waals surface area contributed by atoms with Crippen molar-refractivity contribution in [3.05, 3.63) is 12.4 Å².